The number of anilines is 2. The summed E-state index contributed by atoms with van der Waals surface area (Å²) in [5.74, 6) is 1.07. The fraction of sp³-hybridized carbons (Fsp3) is 0.688. The molecule has 0 amide bonds. The average Bonchev–Trinajstić information content (AvgIpc) is 3.09. The lowest BCUT2D eigenvalue weighted by Gasteiger charge is -2.35. The summed E-state index contributed by atoms with van der Waals surface area (Å²) in [6.45, 7) is 7.47. The Labute approximate surface area is 136 Å². The molecule has 2 aliphatic heterocycles. The van der Waals surface area contributed by atoms with Gasteiger partial charge in [-0.1, -0.05) is 6.92 Å². The summed E-state index contributed by atoms with van der Waals surface area (Å²) in [7, 11) is 0. The third-order valence-corrected chi connectivity index (χ3v) is 4.56. The maximum Gasteiger partial charge on any atom is 0.317 e. The molecule has 0 radical (unpaired) electrons. The highest BCUT2D eigenvalue weighted by Gasteiger charge is 2.22. The Kier molecular flexibility index (Phi) is 4.95. The van der Waals surface area contributed by atoms with Gasteiger partial charge in [-0.25, -0.2) is 4.98 Å². The zero-order chi connectivity index (χ0) is 16.2. The molecule has 0 aliphatic carbocycles. The maximum absolute atomic E-state index is 10.8. The maximum atomic E-state index is 10.8. The second kappa shape index (κ2) is 7.12. The summed E-state index contributed by atoms with van der Waals surface area (Å²) in [5.41, 5.74) is 1.07. The van der Waals surface area contributed by atoms with E-state index < -0.39 is 5.97 Å². The normalized spacial score (nSPS) is 19.3. The summed E-state index contributed by atoms with van der Waals surface area (Å²) in [6.07, 6.45) is 3.32. The Morgan fingerprint density at radius 2 is 1.78 bits per heavy atom. The molecule has 2 aliphatic rings. The lowest BCUT2D eigenvalue weighted by molar-refractivity contribution is -0.138. The first-order valence-electron chi connectivity index (χ1n) is 8.47. The van der Waals surface area contributed by atoms with Crippen LogP contribution in [0.4, 0.5) is 11.8 Å². The number of aryl methyl sites for hydroxylation is 1. The second-order valence-corrected chi connectivity index (χ2v) is 6.22. The third-order valence-electron chi connectivity index (χ3n) is 4.56. The van der Waals surface area contributed by atoms with Crippen LogP contribution in [0.1, 0.15) is 25.5 Å². The van der Waals surface area contributed by atoms with Gasteiger partial charge in [0, 0.05) is 51.0 Å². The predicted octanol–water partition coefficient (Wildman–Crippen LogP) is 0.846. The Bertz CT molecular complexity index is 551. The summed E-state index contributed by atoms with van der Waals surface area (Å²) in [6, 6.07) is 2.08. The molecule has 0 saturated carbocycles. The molecular weight excluding hydrogens is 294 g/mol. The highest BCUT2D eigenvalue weighted by atomic mass is 16.4. The van der Waals surface area contributed by atoms with Gasteiger partial charge in [0.2, 0.25) is 5.95 Å². The summed E-state index contributed by atoms with van der Waals surface area (Å²) < 4.78 is 0. The van der Waals surface area contributed by atoms with Gasteiger partial charge < -0.3 is 14.9 Å². The van der Waals surface area contributed by atoms with Crippen LogP contribution in [-0.2, 0) is 11.2 Å². The first kappa shape index (κ1) is 16.0. The van der Waals surface area contributed by atoms with Gasteiger partial charge in [-0.3, -0.25) is 9.69 Å². The van der Waals surface area contributed by atoms with Crippen LogP contribution in [0, 0.1) is 0 Å². The molecule has 7 heteroatoms. The average molecular weight is 319 g/mol. The zero-order valence-corrected chi connectivity index (χ0v) is 13.7. The van der Waals surface area contributed by atoms with E-state index in [0.717, 1.165) is 63.1 Å². The Hall–Kier alpha value is -1.89. The van der Waals surface area contributed by atoms with Crippen LogP contribution in [0.15, 0.2) is 6.07 Å². The summed E-state index contributed by atoms with van der Waals surface area (Å²) in [4.78, 5) is 26.8. The third kappa shape index (κ3) is 3.90. The number of hydrogen-bond acceptors (Lipinski definition) is 6. The topological polar surface area (TPSA) is 72.8 Å². The van der Waals surface area contributed by atoms with Crippen molar-refractivity contribution >= 4 is 17.7 Å². The van der Waals surface area contributed by atoms with Crippen molar-refractivity contribution in [3.05, 3.63) is 11.8 Å². The number of carboxylic acid groups (broad SMARTS) is 1. The summed E-state index contributed by atoms with van der Waals surface area (Å²) in [5, 5.41) is 8.89. The van der Waals surface area contributed by atoms with Crippen molar-refractivity contribution in [2.24, 2.45) is 0 Å². The number of aliphatic carboxylic acids is 1. The largest absolute Gasteiger partial charge is 0.480 e. The van der Waals surface area contributed by atoms with E-state index in [1.165, 1.54) is 12.8 Å². The molecule has 1 N–H and O–H groups in total. The Morgan fingerprint density at radius 3 is 2.39 bits per heavy atom. The molecule has 2 fully saturated rings. The number of piperazine rings is 1. The smallest absolute Gasteiger partial charge is 0.317 e. The van der Waals surface area contributed by atoms with E-state index in [1.807, 2.05) is 4.90 Å². The molecule has 2 saturated heterocycles. The van der Waals surface area contributed by atoms with E-state index in [2.05, 4.69) is 27.8 Å². The van der Waals surface area contributed by atoms with Crippen molar-refractivity contribution in [3.63, 3.8) is 0 Å². The molecule has 1 aromatic rings. The molecule has 7 nitrogen and oxygen atoms in total. The fourth-order valence-electron chi connectivity index (χ4n) is 3.20. The van der Waals surface area contributed by atoms with E-state index >= 15 is 0 Å². The SMILES string of the molecule is CCc1cc(N2CCN(CC(=O)O)CC2)nc(N2CCCC2)n1. The molecule has 3 rings (SSSR count). The van der Waals surface area contributed by atoms with Crippen molar-refractivity contribution in [1.29, 1.82) is 0 Å². The highest BCUT2D eigenvalue weighted by molar-refractivity contribution is 5.69. The monoisotopic (exact) mass is 319 g/mol. The van der Waals surface area contributed by atoms with Crippen LogP contribution in [0.5, 0.6) is 0 Å². The van der Waals surface area contributed by atoms with Crippen LogP contribution < -0.4 is 9.80 Å². The van der Waals surface area contributed by atoms with Crippen LogP contribution in [0.3, 0.4) is 0 Å². The van der Waals surface area contributed by atoms with Crippen LogP contribution in [0.2, 0.25) is 0 Å². The van der Waals surface area contributed by atoms with E-state index in [4.69, 9.17) is 10.1 Å². The molecule has 23 heavy (non-hydrogen) atoms. The van der Waals surface area contributed by atoms with Gasteiger partial charge in [0.25, 0.3) is 0 Å². The van der Waals surface area contributed by atoms with Crippen molar-refractivity contribution in [2.45, 2.75) is 26.2 Å². The minimum Gasteiger partial charge on any atom is -0.480 e. The number of aromatic nitrogens is 2. The standard InChI is InChI=1S/C16H25N5O2/c1-2-13-11-14(18-16(17-13)21-5-3-4-6-21)20-9-7-19(8-10-20)12-15(22)23/h11H,2-10,12H2,1H3,(H,22,23). The molecule has 0 unspecified atom stereocenters. The molecule has 3 heterocycles. The molecule has 126 valence electrons. The molecular formula is C16H25N5O2. The van der Waals surface area contributed by atoms with Gasteiger partial charge in [0.15, 0.2) is 0 Å². The lowest BCUT2D eigenvalue weighted by atomic mass is 10.2. The van der Waals surface area contributed by atoms with Gasteiger partial charge in [0.1, 0.15) is 5.82 Å². The Morgan fingerprint density at radius 1 is 1.09 bits per heavy atom. The number of carboxylic acids is 1. The van der Waals surface area contributed by atoms with Crippen molar-refractivity contribution < 1.29 is 9.90 Å². The molecule has 0 spiro atoms. The molecule has 0 atom stereocenters. The van der Waals surface area contributed by atoms with Crippen molar-refractivity contribution in [3.8, 4) is 0 Å². The highest BCUT2D eigenvalue weighted by Crippen LogP contribution is 2.22. The van der Waals surface area contributed by atoms with E-state index in [9.17, 15) is 4.79 Å². The predicted molar refractivity (Wildman–Crippen MR) is 89.1 cm³/mol. The van der Waals surface area contributed by atoms with Crippen molar-refractivity contribution in [1.82, 2.24) is 14.9 Å². The van der Waals surface area contributed by atoms with Gasteiger partial charge in [-0.2, -0.15) is 4.98 Å². The number of nitrogens with zero attached hydrogens (tertiary/aromatic N) is 5. The molecule has 1 aromatic heterocycles. The first-order chi connectivity index (χ1) is 11.2. The molecule has 0 aromatic carbocycles. The number of rotatable bonds is 5. The summed E-state index contributed by atoms with van der Waals surface area (Å²) >= 11 is 0. The van der Waals surface area contributed by atoms with Gasteiger partial charge in [0.05, 0.1) is 6.54 Å². The zero-order valence-electron chi connectivity index (χ0n) is 13.7. The minimum absolute atomic E-state index is 0.122. The van der Waals surface area contributed by atoms with Gasteiger partial charge >= 0.3 is 5.97 Å². The van der Waals surface area contributed by atoms with Gasteiger partial charge in [-0.05, 0) is 19.3 Å². The fourth-order valence-corrected chi connectivity index (χ4v) is 3.20. The second-order valence-electron chi connectivity index (χ2n) is 6.22. The van der Waals surface area contributed by atoms with Crippen molar-refractivity contribution in [2.75, 3.05) is 55.6 Å². The van der Waals surface area contributed by atoms with Gasteiger partial charge in [-0.15, -0.1) is 0 Å². The lowest BCUT2D eigenvalue weighted by Crippen LogP contribution is -2.48. The van der Waals surface area contributed by atoms with E-state index in [-0.39, 0.29) is 6.54 Å². The molecule has 0 bridgehead atoms. The number of hydrogen-bond donors (Lipinski definition) is 1. The van der Waals surface area contributed by atoms with Crippen LogP contribution >= 0.6 is 0 Å². The quantitative estimate of drug-likeness (QED) is 0.862. The van der Waals surface area contributed by atoms with E-state index in [1.54, 1.807) is 0 Å². The van der Waals surface area contributed by atoms with Crippen LogP contribution in [-0.4, -0.2) is 71.8 Å². The Balaban J connectivity index is 1.72. The van der Waals surface area contributed by atoms with Crippen LogP contribution in [0.25, 0.3) is 0 Å². The minimum atomic E-state index is -0.759. The van der Waals surface area contributed by atoms with E-state index in [0.29, 0.717) is 0 Å². The first-order valence-corrected chi connectivity index (χ1v) is 8.47. The number of carbonyl (C=O) groups is 1.